The van der Waals surface area contributed by atoms with Gasteiger partial charge in [-0.2, -0.15) is 0 Å². The van der Waals surface area contributed by atoms with Gasteiger partial charge >= 0.3 is 0 Å². The molecule has 1 fully saturated rings. The zero-order chi connectivity index (χ0) is 18.4. The normalized spacial score (nSPS) is 19.0. The lowest BCUT2D eigenvalue weighted by atomic mass is 9.66. The van der Waals surface area contributed by atoms with Crippen LogP contribution in [-0.4, -0.2) is 8.42 Å². The van der Waals surface area contributed by atoms with Crippen LogP contribution in [0, 0.1) is 5.41 Å². The number of primary sulfonamides is 1. The number of hydrogen-bond acceptors (Lipinski definition) is 3. The molecule has 0 radical (unpaired) electrons. The second-order valence-electron chi connectivity index (χ2n) is 7.72. The van der Waals surface area contributed by atoms with Gasteiger partial charge in [-0.3, -0.25) is 0 Å². The minimum atomic E-state index is -3.50. The van der Waals surface area contributed by atoms with E-state index in [0.717, 1.165) is 23.3 Å². The average Bonchev–Trinajstić information content (AvgIpc) is 2.96. The number of allylic oxidation sites excluding steroid dienone is 2. The van der Waals surface area contributed by atoms with E-state index in [2.05, 4.69) is 24.8 Å². The molecule has 0 heterocycles. The SMILES string of the molecule is NS(=O)(=O)Cc1ccc(C2=C(c3ccc(S)cc3)CC3(CCC3)C2)cc1. The predicted molar refractivity (Wildman–Crippen MR) is 109 cm³/mol. The van der Waals surface area contributed by atoms with Gasteiger partial charge in [0, 0.05) is 4.90 Å². The lowest BCUT2D eigenvalue weighted by Gasteiger charge is -2.39. The van der Waals surface area contributed by atoms with E-state index in [4.69, 9.17) is 5.14 Å². The highest BCUT2D eigenvalue weighted by molar-refractivity contribution is 7.88. The average molecular weight is 386 g/mol. The van der Waals surface area contributed by atoms with Crippen molar-refractivity contribution < 1.29 is 8.42 Å². The van der Waals surface area contributed by atoms with E-state index in [0.29, 0.717) is 5.41 Å². The van der Waals surface area contributed by atoms with Crippen LogP contribution in [0.15, 0.2) is 53.4 Å². The van der Waals surface area contributed by atoms with Gasteiger partial charge < -0.3 is 0 Å². The van der Waals surface area contributed by atoms with Crippen molar-refractivity contribution in [2.24, 2.45) is 10.6 Å². The highest BCUT2D eigenvalue weighted by Gasteiger charge is 2.43. The fourth-order valence-electron chi connectivity index (χ4n) is 4.31. The van der Waals surface area contributed by atoms with Crippen molar-refractivity contribution in [1.82, 2.24) is 0 Å². The van der Waals surface area contributed by atoms with Crippen LogP contribution < -0.4 is 5.14 Å². The maximum Gasteiger partial charge on any atom is 0.213 e. The Morgan fingerprint density at radius 2 is 1.38 bits per heavy atom. The minimum Gasteiger partial charge on any atom is -0.228 e. The first-order chi connectivity index (χ1) is 12.3. The summed E-state index contributed by atoms with van der Waals surface area (Å²) in [6.45, 7) is 0. The molecule has 1 saturated carbocycles. The Morgan fingerprint density at radius 1 is 0.885 bits per heavy atom. The largest absolute Gasteiger partial charge is 0.228 e. The molecule has 3 nitrogen and oxygen atoms in total. The summed E-state index contributed by atoms with van der Waals surface area (Å²) in [5.74, 6) is -0.119. The number of benzene rings is 2. The van der Waals surface area contributed by atoms with Crippen molar-refractivity contribution in [3.05, 3.63) is 65.2 Å². The van der Waals surface area contributed by atoms with E-state index < -0.39 is 10.0 Å². The predicted octanol–water partition coefficient (Wildman–Crippen LogP) is 4.64. The molecule has 5 heteroatoms. The van der Waals surface area contributed by atoms with Crippen LogP contribution in [0.25, 0.3) is 11.1 Å². The summed E-state index contributed by atoms with van der Waals surface area (Å²) >= 11 is 4.40. The Balaban J connectivity index is 1.70. The van der Waals surface area contributed by atoms with E-state index in [-0.39, 0.29) is 5.75 Å². The molecule has 26 heavy (non-hydrogen) atoms. The van der Waals surface area contributed by atoms with Gasteiger partial charge in [-0.15, -0.1) is 12.6 Å². The van der Waals surface area contributed by atoms with Crippen LogP contribution in [0.4, 0.5) is 0 Å². The lowest BCUT2D eigenvalue weighted by molar-refractivity contribution is 0.157. The van der Waals surface area contributed by atoms with Crippen LogP contribution in [0.3, 0.4) is 0 Å². The first kappa shape index (κ1) is 17.8. The molecule has 0 aliphatic heterocycles. The Bertz CT molecular complexity index is 954. The molecule has 4 rings (SSSR count). The first-order valence-electron chi connectivity index (χ1n) is 8.95. The summed E-state index contributed by atoms with van der Waals surface area (Å²) in [5, 5.41) is 5.16. The van der Waals surface area contributed by atoms with Gasteiger partial charge in [0.25, 0.3) is 0 Å². The molecule has 0 bridgehead atoms. The third-order valence-electron chi connectivity index (χ3n) is 5.77. The maximum atomic E-state index is 11.3. The van der Waals surface area contributed by atoms with Gasteiger partial charge in [-0.05, 0) is 71.1 Å². The van der Waals surface area contributed by atoms with Gasteiger partial charge in [0.05, 0.1) is 5.75 Å². The summed E-state index contributed by atoms with van der Waals surface area (Å²) in [6, 6.07) is 16.3. The molecule has 136 valence electrons. The molecule has 2 aliphatic rings. The van der Waals surface area contributed by atoms with Crippen LogP contribution >= 0.6 is 12.6 Å². The number of thiol groups is 1. The number of rotatable bonds is 4. The van der Waals surface area contributed by atoms with Crippen molar-refractivity contribution >= 4 is 33.8 Å². The molecule has 2 aliphatic carbocycles. The zero-order valence-corrected chi connectivity index (χ0v) is 16.3. The number of nitrogens with two attached hydrogens (primary N) is 1. The highest BCUT2D eigenvalue weighted by atomic mass is 32.2. The quantitative estimate of drug-likeness (QED) is 0.753. The van der Waals surface area contributed by atoms with Gasteiger partial charge in [-0.25, -0.2) is 13.6 Å². The van der Waals surface area contributed by atoms with E-state index >= 15 is 0 Å². The molecule has 0 unspecified atom stereocenters. The molecular weight excluding hydrogens is 362 g/mol. The van der Waals surface area contributed by atoms with Gasteiger partial charge in [0.1, 0.15) is 0 Å². The second kappa shape index (κ2) is 6.55. The van der Waals surface area contributed by atoms with Crippen molar-refractivity contribution in [3.8, 4) is 0 Å². The van der Waals surface area contributed by atoms with E-state index in [9.17, 15) is 8.42 Å². The highest BCUT2D eigenvalue weighted by Crippen LogP contribution is 2.59. The third-order valence-corrected chi connectivity index (χ3v) is 6.80. The zero-order valence-electron chi connectivity index (χ0n) is 14.6. The Labute approximate surface area is 160 Å². The van der Waals surface area contributed by atoms with Gasteiger partial charge in [-0.1, -0.05) is 42.8 Å². The lowest BCUT2D eigenvalue weighted by Crippen LogP contribution is -2.26. The van der Waals surface area contributed by atoms with Gasteiger partial charge in [0.2, 0.25) is 10.0 Å². The fourth-order valence-corrected chi connectivity index (χ4v) is 5.11. The second-order valence-corrected chi connectivity index (χ2v) is 9.85. The molecular formula is C21H23NO2S2. The molecule has 0 atom stereocenters. The van der Waals surface area contributed by atoms with Crippen LogP contribution in [0.5, 0.6) is 0 Å². The fraction of sp³-hybridized carbons (Fsp3) is 0.333. The van der Waals surface area contributed by atoms with Crippen molar-refractivity contribution in [3.63, 3.8) is 0 Å². The molecule has 2 N–H and O–H groups in total. The summed E-state index contributed by atoms with van der Waals surface area (Å²) in [5.41, 5.74) is 6.46. The summed E-state index contributed by atoms with van der Waals surface area (Å²) < 4.78 is 22.6. The molecule has 0 amide bonds. The standard InChI is InChI=1S/C21H23NO2S2/c22-26(23,24)14-15-2-4-16(5-3-15)19-12-21(10-1-11-21)13-20(19)17-6-8-18(25)9-7-17/h2-9,25H,1,10-14H2,(H2,22,23,24). The third kappa shape index (κ3) is 3.61. The first-order valence-corrected chi connectivity index (χ1v) is 11.1. The molecule has 1 spiro atoms. The molecule has 0 aromatic heterocycles. The monoisotopic (exact) mass is 385 g/mol. The van der Waals surface area contributed by atoms with Crippen LogP contribution in [-0.2, 0) is 15.8 Å². The topological polar surface area (TPSA) is 60.2 Å². The Morgan fingerprint density at radius 3 is 1.81 bits per heavy atom. The van der Waals surface area contributed by atoms with E-state index in [1.807, 2.05) is 36.4 Å². The molecule has 0 saturated heterocycles. The summed E-state index contributed by atoms with van der Waals surface area (Å²) in [6.07, 6.45) is 6.17. The van der Waals surface area contributed by atoms with Crippen LogP contribution in [0.1, 0.15) is 48.8 Å². The van der Waals surface area contributed by atoms with E-state index in [1.54, 1.807) is 0 Å². The Kier molecular flexibility index (Phi) is 4.49. The van der Waals surface area contributed by atoms with Crippen molar-refractivity contribution in [2.45, 2.75) is 42.8 Å². The summed E-state index contributed by atoms with van der Waals surface area (Å²) in [4.78, 5) is 0.972. The maximum absolute atomic E-state index is 11.3. The number of hydrogen-bond donors (Lipinski definition) is 2. The van der Waals surface area contributed by atoms with E-state index in [1.165, 1.54) is 41.5 Å². The Hall–Kier alpha value is -1.56. The van der Waals surface area contributed by atoms with Crippen molar-refractivity contribution in [1.29, 1.82) is 0 Å². The smallest absolute Gasteiger partial charge is 0.213 e. The summed E-state index contributed by atoms with van der Waals surface area (Å²) in [7, 11) is -3.50. The van der Waals surface area contributed by atoms with Gasteiger partial charge in [0.15, 0.2) is 0 Å². The molecule has 2 aromatic carbocycles. The van der Waals surface area contributed by atoms with Crippen molar-refractivity contribution in [2.75, 3.05) is 0 Å². The molecule has 2 aromatic rings. The number of sulfonamides is 1. The van der Waals surface area contributed by atoms with Crippen LogP contribution in [0.2, 0.25) is 0 Å². The minimum absolute atomic E-state index is 0.119.